The van der Waals surface area contributed by atoms with E-state index >= 15 is 0 Å². The number of aldehydes is 1. The van der Waals surface area contributed by atoms with Gasteiger partial charge in [0.05, 0.1) is 0 Å². The Hall–Kier alpha value is -1.02. The van der Waals surface area contributed by atoms with Crippen LogP contribution in [0.3, 0.4) is 0 Å². The average molecular weight is 176 g/mol. The second-order valence-corrected chi connectivity index (χ2v) is 3.69. The highest BCUT2D eigenvalue weighted by atomic mass is 32.2. The third-order valence-corrected chi connectivity index (χ3v) is 2.84. The van der Waals surface area contributed by atoms with Gasteiger partial charge in [0.1, 0.15) is 6.29 Å². The first-order valence-corrected chi connectivity index (χ1v) is 4.77. The van der Waals surface area contributed by atoms with E-state index in [-0.39, 0.29) is 0 Å². The summed E-state index contributed by atoms with van der Waals surface area (Å²) in [5, 5.41) is 0. The largest absolute Gasteiger partial charge is 0.298 e. The van der Waals surface area contributed by atoms with E-state index < -0.39 is 0 Å². The van der Waals surface area contributed by atoms with Crippen molar-refractivity contribution in [3.63, 3.8) is 0 Å². The fourth-order valence-corrected chi connectivity index (χ4v) is 2.04. The number of hydrogen-bond acceptors (Lipinski definition) is 2. The molecule has 0 radical (unpaired) electrons. The normalized spacial score (nSPS) is 14.0. The van der Waals surface area contributed by atoms with Crippen LogP contribution in [0.4, 0.5) is 0 Å². The van der Waals surface area contributed by atoms with Gasteiger partial charge in [-0.15, -0.1) is 11.8 Å². The zero-order valence-corrected chi connectivity index (χ0v) is 7.30. The lowest BCUT2D eigenvalue weighted by atomic mass is 10.1. The molecule has 2 heteroatoms. The molecule has 1 nitrogen and oxygen atoms in total. The lowest BCUT2D eigenvalue weighted by molar-refractivity contribution is 0.112. The molecule has 0 aromatic heterocycles. The van der Waals surface area contributed by atoms with Crippen molar-refractivity contribution >= 4 is 24.1 Å². The van der Waals surface area contributed by atoms with Gasteiger partial charge in [0.25, 0.3) is 0 Å². The zero-order valence-electron chi connectivity index (χ0n) is 6.49. The van der Waals surface area contributed by atoms with Crippen LogP contribution in [-0.4, -0.2) is 12.0 Å². The first kappa shape index (κ1) is 7.62. The number of rotatable bonds is 1. The Kier molecular flexibility index (Phi) is 2.00. The van der Waals surface area contributed by atoms with E-state index in [2.05, 4.69) is 12.2 Å². The average Bonchev–Trinajstić information content (AvgIpc) is 2.17. The zero-order chi connectivity index (χ0) is 8.39. The predicted octanol–water partition coefficient (Wildman–Crippen LogP) is 2.62. The van der Waals surface area contributed by atoms with Gasteiger partial charge < -0.3 is 0 Å². The highest BCUT2D eigenvalue weighted by Gasteiger charge is 2.04. The number of carbonyl (C=O) groups is 1. The number of hydrogen-bond donors (Lipinski definition) is 0. The number of carbonyl (C=O) groups excluding carboxylic acids is 1. The van der Waals surface area contributed by atoms with Crippen LogP contribution in [-0.2, 0) is 0 Å². The topological polar surface area (TPSA) is 17.1 Å². The molecule has 1 aromatic carbocycles. The quantitative estimate of drug-likeness (QED) is 0.612. The monoisotopic (exact) mass is 176 g/mol. The van der Waals surface area contributed by atoms with Gasteiger partial charge in [0, 0.05) is 16.2 Å². The number of benzene rings is 1. The summed E-state index contributed by atoms with van der Waals surface area (Å²) < 4.78 is 0. The molecule has 0 N–H and O–H groups in total. The van der Waals surface area contributed by atoms with Crippen molar-refractivity contribution in [1.29, 1.82) is 0 Å². The van der Waals surface area contributed by atoms with Gasteiger partial charge in [-0.1, -0.05) is 18.2 Å². The summed E-state index contributed by atoms with van der Waals surface area (Å²) in [6.45, 7) is 0. The summed E-state index contributed by atoms with van der Waals surface area (Å²) in [5.74, 6) is 1.04. The molecule has 1 aliphatic heterocycles. The predicted molar refractivity (Wildman–Crippen MR) is 51.6 cm³/mol. The Morgan fingerprint density at radius 3 is 3.17 bits per heavy atom. The van der Waals surface area contributed by atoms with E-state index in [1.54, 1.807) is 11.8 Å². The van der Waals surface area contributed by atoms with Crippen LogP contribution in [0.5, 0.6) is 0 Å². The Labute approximate surface area is 75.5 Å². The summed E-state index contributed by atoms with van der Waals surface area (Å²) in [5.41, 5.74) is 1.91. The van der Waals surface area contributed by atoms with Crippen molar-refractivity contribution < 1.29 is 4.79 Å². The Morgan fingerprint density at radius 2 is 2.33 bits per heavy atom. The first-order valence-electron chi connectivity index (χ1n) is 3.79. The molecule has 0 bridgehead atoms. The minimum atomic E-state index is 0.751. The molecule has 1 aromatic rings. The van der Waals surface area contributed by atoms with E-state index in [1.165, 1.54) is 4.90 Å². The van der Waals surface area contributed by atoms with Crippen LogP contribution in [0, 0.1) is 0 Å². The first-order chi connectivity index (χ1) is 5.90. The lowest BCUT2D eigenvalue weighted by Crippen LogP contribution is -1.89. The van der Waals surface area contributed by atoms with Gasteiger partial charge in [-0.3, -0.25) is 4.79 Å². The molecule has 1 aliphatic rings. The Morgan fingerprint density at radius 1 is 1.42 bits per heavy atom. The molecule has 0 amide bonds. The van der Waals surface area contributed by atoms with Crippen LogP contribution in [0.1, 0.15) is 15.9 Å². The molecule has 0 unspecified atom stereocenters. The van der Waals surface area contributed by atoms with E-state index in [0.717, 1.165) is 23.2 Å². The van der Waals surface area contributed by atoms with Gasteiger partial charge in [0.2, 0.25) is 0 Å². The maximum atomic E-state index is 10.5. The van der Waals surface area contributed by atoms with Crippen LogP contribution < -0.4 is 0 Å². The van der Waals surface area contributed by atoms with Crippen LogP contribution in [0.15, 0.2) is 29.2 Å². The number of fused-ring (bicyclic) bond motifs is 1. The Bertz CT molecular complexity index is 342. The fourth-order valence-electron chi connectivity index (χ4n) is 1.21. The van der Waals surface area contributed by atoms with Gasteiger partial charge in [-0.25, -0.2) is 0 Å². The standard InChI is InChI=1S/C10H8OS/c11-7-8-3-4-10-9(6-8)2-1-5-12-10/h1-4,6-7H,5H2. The fraction of sp³-hybridized carbons (Fsp3) is 0.100. The second kappa shape index (κ2) is 3.15. The highest BCUT2D eigenvalue weighted by molar-refractivity contribution is 7.99. The summed E-state index contributed by atoms with van der Waals surface area (Å²) in [6, 6.07) is 5.79. The van der Waals surface area contributed by atoms with Gasteiger partial charge in [-0.05, 0) is 17.7 Å². The summed E-state index contributed by atoms with van der Waals surface area (Å²) in [4.78, 5) is 11.7. The molecule has 12 heavy (non-hydrogen) atoms. The summed E-state index contributed by atoms with van der Waals surface area (Å²) in [7, 11) is 0. The van der Waals surface area contributed by atoms with E-state index in [1.807, 2.05) is 18.2 Å². The number of thioether (sulfide) groups is 1. The molecular formula is C10H8OS. The van der Waals surface area contributed by atoms with Crippen LogP contribution in [0.2, 0.25) is 0 Å². The van der Waals surface area contributed by atoms with Crippen molar-refractivity contribution in [2.45, 2.75) is 4.90 Å². The van der Waals surface area contributed by atoms with Crippen LogP contribution in [0.25, 0.3) is 6.08 Å². The molecule has 60 valence electrons. The summed E-state index contributed by atoms with van der Waals surface area (Å²) in [6.07, 6.45) is 5.06. The molecule has 0 aliphatic carbocycles. The maximum absolute atomic E-state index is 10.5. The molecule has 2 rings (SSSR count). The summed E-state index contributed by atoms with van der Waals surface area (Å²) >= 11 is 1.81. The molecule has 0 fully saturated rings. The molecule has 0 spiro atoms. The van der Waals surface area contributed by atoms with Gasteiger partial charge >= 0.3 is 0 Å². The van der Waals surface area contributed by atoms with E-state index in [0.29, 0.717) is 0 Å². The smallest absolute Gasteiger partial charge is 0.150 e. The SMILES string of the molecule is O=Cc1ccc2c(c1)C=CCS2. The van der Waals surface area contributed by atoms with Crippen LogP contribution >= 0.6 is 11.8 Å². The van der Waals surface area contributed by atoms with Gasteiger partial charge in [-0.2, -0.15) is 0 Å². The molecular weight excluding hydrogens is 168 g/mol. The highest BCUT2D eigenvalue weighted by Crippen LogP contribution is 2.28. The Balaban J connectivity index is 2.51. The molecule has 1 heterocycles. The lowest BCUT2D eigenvalue weighted by Gasteiger charge is -2.08. The van der Waals surface area contributed by atoms with E-state index in [9.17, 15) is 4.79 Å². The van der Waals surface area contributed by atoms with E-state index in [4.69, 9.17) is 0 Å². The maximum Gasteiger partial charge on any atom is 0.150 e. The molecule has 0 saturated carbocycles. The van der Waals surface area contributed by atoms with Gasteiger partial charge in [0.15, 0.2) is 0 Å². The van der Waals surface area contributed by atoms with Crippen molar-refractivity contribution in [3.8, 4) is 0 Å². The second-order valence-electron chi connectivity index (χ2n) is 2.63. The van der Waals surface area contributed by atoms with Crippen molar-refractivity contribution in [1.82, 2.24) is 0 Å². The van der Waals surface area contributed by atoms with Crippen molar-refractivity contribution in [3.05, 3.63) is 35.4 Å². The minimum absolute atomic E-state index is 0.751. The molecule has 0 atom stereocenters. The van der Waals surface area contributed by atoms with Crippen molar-refractivity contribution in [2.24, 2.45) is 0 Å². The van der Waals surface area contributed by atoms with Crippen molar-refractivity contribution in [2.75, 3.05) is 5.75 Å². The third kappa shape index (κ3) is 1.30. The minimum Gasteiger partial charge on any atom is -0.298 e. The molecule has 0 saturated heterocycles. The third-order valence-electron chi connectivity index (χ3n) is 1.80.